The normalized spacial score (nSPS) is 17.2. The van der Waals surface area contributed by atoms with Crippen LogP contribution in [0.15, 0.2) is 53.3 Å². The lowest BCUT2D eigenvalue weighted by atomic mass is 9.99. The summed E-state index contributed by atoms with van der Waals surface area (Å²) in [4.78, 5) is 31.0. The Balaban J connectivity index is 1.82. The van der Waals surface area contributed by atoms with Gasteiger partial charge in [0, 0.05) is 17.8 Å². The number of anilines is 1. The van der Waals surface area contributed by atoms with Crippen molar-refractivity contribution in [1.29, 1.82) is 0 Å². The largest absolute Gasteiger partial charge is 0.301 e. The first-order valence-corrected chi connectivity index (χ1v) is 7.97. The highest BCUT2D eigenvalue weighted by Gasteiger charge is 2.40. The Morgan fingerprint density at radius 1 is 1.08 bits per heavy atom. The number of amides is 1. The lowest BCUT2D eigenvalue weighted by Crippen LogP contribution is -2.48. The van der Waals surface area contributed by atoms with Gasteiger partial charge in [-0.3, -0.25) is 14.2 Å². The number of halogens is 1. The van der Waals surface area contributed by atoms with Crippen LogP contribution in [0, 0.1) is 0 Å². The van der Waals surface area contributed by atoms with E-state index < -0.39 is 0 Å². The van der Waals surface area contributed by atoms with Crippen molar-refractivity contribution in [2.45, 2.75) is 12.5 Å². The molecule has 0 radical (unpaired) electrons. The molecule has 1 aromatic heterocycles. The molecular weight excluding hydrogens is 326 g/mol. The Bertz CT molecular complexity index is 1010. The summed E-state index contributed by atoms with van der Waals surface area (Å²) in [6.45, 7) is 0. The molecule has 1 fully saturated rings. The van der Waals surface area contributed by atoms with Crippen molar-refractivity contribution in [2.75, 3.05) is 4.90 Å². The van der Waals surface area contributed by atoms with Gasteiger partial charge < -0.3 is 4.90 Å². The van der Waals surface area contributed by atoms with Gasteiger partial charge in [-0.25, -0.2) is 4.98 Å². The molecule has 3 aromatic rings. The summed E-state index contributed by atoms with van der Waals surface area (Å²) in [6.07, 6.45) is 0.335. The summed E-state index contributed by atoms with van der Waals surface area (Å²) in [7, 11) is 1.69. The maximum Gasteiger partial charge on any atom is 0.261 e. The van der Waals surface area contributed by atoms with Crippen molar-refractivity contribution in [3.63, 3.8) is 0 Å². The van der Waals surface area contributed by atoms with Gasteiger partial charge in [0.25, 0.3) is 5.56 Å². The quantitative estimate of drug-likeness (QED) is 0.674. The zero-order valence-electron chi connectivity index (χ0n) is 12.9. The van der Waals surface area contributed by atoms with Gasteiger partial charge >= 0.3 is 0 Å². The molecule has 5 nitrogen and oxygen atoms in total. The highest BCUT2D eigenvalue weighted by molar-refractivity contribution is 6.30. The molecule has 1 unspecified atom stereocenters. The topological polar surface area (TPSA) is 55.2 Å². The van der Waals surface area contributed by atoms with Gasteiger partial charge in [-0.05, 0) is 36.4 Å². The Hall–Kier alpha value is -2.66. The number of carbonyl (C=O) groups is 1. The third-order valence-corrected chi connectivity index (χ3v) is 4.62. The number of fused-ring (bicyclic) bond motifs is 1. The highest BCUT2D eigenvalue weighted by atomic mass is 35.5. The van der Waals surface area contributed by atoms with E-state index in [0.29, 0.717) is 28.2 Å². The van der Waals surface area contributed by atoms with Crippen LogP contribution in [0.2, 0.25) is 5.02 Å². The molecule has 6 heteroatoms. The van der Waals surface area contributed by atoms with Crippen LogP contribution in [0.25, 0.3) is 10.9 Å². The molecule has 0 N–H and O–H groups in total. The fraction of sp³-hybridized carbons (Fsp3) is 0.167. The van der Waals surface area contributed by atoms with Crippen molar-refractivity contribution < 1.29 is 4.79 Å². The van der Waals surface area contributed by atoms with Crippen LogP contribution in [0.5, 0.6) is 0 Å². The van der Waals surface area contributed by atoms with E-state index in [9.17, 15) is 9.59 Å². The second kappa shape index (κ2) is 5.46. The van der Waals surface area contributed by atoms with Gasteiger partial charge in [-0.1, -0.05) is 23.7 Å². The SMILES string of the molecule is Cn1c(C2CC(=O)N2c2ccc(Cl)cc2)nc2ccccc2c1=O. The van der Waals surface area contributed by atoms with Gasteiger partial charge in [0.2, 0.25) is 5.91 Å². The molecule has 24 heavy (non-hydrogen) atoms. The number of aromatic nitrogens is 2. The smallest absolute Gasteiger partial charge is 0.261 e. The first kappa shape index (κ1) is 14.9. The third kappa shape index (κ3) is 2.20. The molecule has 120 valence electrons. The molecule has 0 saturated carbocycles. The van der Waals surface area contributed by atoms with Gasteiger partial charge in [0.15, 0.2) is 0 Å². The summed E-state index contributed by atoms with van der Waals surface area (Å²) >= 11 is 5.92. The first-order valence-electron chi connectivity index (χ1n) is 7.59. The van der Waals surface area contributed by atoms with Gasteiger partial charge in [-0.2, -0.15) is 0 Å². The lowest BCUT2D eigenvalue weighted by molar-refractivity contribution is -0.124. The Labute approximate surface area is 143 Å². The summed E-state index contributed by atoms with van der Waals surface area (Å²) in [5.74, 6) is 0.595. The maximum absolute atomic E-state index is 12.6. The average molecular weight is 340 g/mol. The fourth-order valence-electron chi connectivity index (χ4n) is 3.08. The summed E-state index contributed by atoms with van der Waals surface area (Å²) < 4.78 is 1.53. The number of para-hydroxylation sites is 1. The van der Waals surface area contributed by atoms with E-state index in [4.69, 9.17) is 11.6 Å². The monoisotopic (exact) mass is 339 g/mol. The molecule has 1 aliphatic heterocycles. The number of hydrogen-bond donors (Lipinski definition) is 0. The van der Waals surface area contributed by atoms with Crippen LogP contribution in [0.4, 0.5) is 5.69 Å². The summed E-state index contributed by atoms with van der Waals surface area (Å²) in [6, 6.07) is 14.1. The minimum atomic E-state index is -0.249. The van der Waals surface area contributed by atoms with Crippen LogP contribution in [0.1, 0.15) is 18.3 Å². The minimum absolute atomic E-state index is 0.00438. The molecule has 0 spiro atoms. The molecule has 0 aliphatic carbocycles. The average Bonchev–Trinajstić information content (AvgIpc) is 2.58. The number of rotatable bonds is 2. The van der Waals surface area contributed by atoms with E-state index in [1.807, 2.05) is 18.2 Å². The lowest BCUT2D eigenvalue weighted by Gasteiger charge is -2.40. The van der Waals surface area contributed by atoms with Gasteiger partial charge in [0.05, 0.1) is 17.3 Å². The molecule has 4 rings (SSSR count). The van der Waals surface area contributed by atoms with Crippen molar-refractivity contribution in [1.82, 2.24) is 9.55 Å². The molecule has 0 bridgehead atoms. The number of nitrogens with zero attached hydrogens (tertiary/aromatic N) is 3. The van der Waals surface area contributed by atoms with E-state index in [1.165, 1.54) is 4.57 Å². The van der Waals surface area contributed by atoms with Crippen LogP contribution in [0.3, 0.4) is 0 Å². The summed E-state index contributed by atoms with van der Waals surface area (Å²) in [5, 5.41) is 1.19. The molecule has 1 saturated heterocycles. The van der Waals surface area contributed by atoms with Crippen LogP contribution < -0.4 is 10.5 Å². The first-order chi connectivity index (χ1) is 11.6. The number of benzene rings is 2. The number of hydrogen-bond acceptors (Lipinski definition) is 3. The predicted octanol–water partition coefficient (Wildman–Crippen LogP) is 3.06. The molecule has 1 amide bonds. The van der Waals surface area contributed by atoms with Crippen molar-refractivity contribution in [2.24, 2.45) is 7.05 Å². The zero-order valence-corrected chi connectivity index (χ0v) is 13.7. The predicted molar refractivity (Wildman–Crippen MR) is 93.3 cm³/mol. The fourth-order valence-corrected chi connectivity index (χ4v) is 3.21. The molecule has 1 atom stereocenters. The van der Waals surface area contributed by atoms with E-state index in [2.05, 4.69) is 4.98 Å². The molecular formula is C18H14ClN3O2. The number of β-lactam (4-membered cyclic amide) rings is 1. The van der Waals surface area contributed by atoms with E-state index in [0.717, 1.165) is 5.69 Å². The number of carbonyl (C=O) groups excluding carboxylic acids is 1. The second-order valence-electron chi connectivity index (χ2n) is 5.81. The zero-order chi connectivity index (χ0) is 16.8. The molecule has 2 heterocycles. The van der Waals surface area contributed by atoms with Crippen molar-refractivity contribution >= 4 is 34.1 Å². The Kier molecular flexibility index (Phi) is 3.39. The standard InChI is InChI=1S/C18H14ClN3O2/c1-21-17(20-14-5-3-2-4-13(14)18(21)24)15-10-16(23)22(15)12-8-6-11(19)7-9-12/h2-9,15H,10H2,1H3. The minimum Gasteiger partial charge on any atom is -0.301 e. The van der Waals surface area contributed by atoms with E-state index in [1.54, 1.807) is 42.3 Å². The van der Waals surface area contributed by atoms with Gasteiger partial charge in [0.1, 0.15) is 11.9 Å². The molecule has 2 aromatic carbocycles. The highest BCUT2D eigenvalue weighted by Crippen LogP contribution is 2.38. The van der Waals surface area contributed by atoms with E-state index in [-0.39, 0.29) is 17.5 Å². The van der Waals surface area contributed by atoms with Crippen LogP contribution in [-0.4, -0.2) is 15.5 Å². The maximum atomic E-state index is 12.6. The van der Waals surface area contributed by atoms with Crippen LogP contribution >= 0.6 is 11.6 Å². The van der Waals surface area contributed by atoms with Crippen LogP contribution in [-0.2, 0) is 11.8 Å². The van der Waals surface area contributed by atoms with E-state index >= 15 is 0 Å². The molecule has 1 aliphatic rings. The van der Waals surface area contributed by atoms with Crippen molar-refractivity contribution in [3.05, 3.63) is 69.7 Å². The third-order valence-electron chi connectivity index (χ3n) is 4.37. The second-order valence-corrected chi connectivity index (χ2v) is 6.25. The van der Waals surface area contributed by atoms with Gasteiger partial charge in [-0.15, -0.1) is 0 Å². The Morgan fingerprint density at radius 2 is 1.79 bits per heavy atom. The summed E-state index contributed by atoms with van der Waals surface area (Å²) in [5.41, 5.74) is 1.29. The van der Waals surface area contributed by atoms with Crippen molar-refractivity contribution in [3.8, 4) is 0 Å². The Morgan fingerprint density at radius 3 is 2.50 bits per heavy atom.